The summed E-state index contributed by atoms with van der Waals surface area (Å²) in [5.41, 5.74) is 3.46. The van der Waals surface area contributed by atoms with Gasteiger partial charge in [-0.05, 0) is 49.4 Å². The van der Waals surface area contributed by atoms with Crippen LogP contribution in [0.2, 0.25) is 0 Å². The second-order valence-electron chi connectivity index (χ2n) is 11.7. The normalized spacial score (nSPS) is 14.4. The molecule has 9 heteroatoms. The molecule has 4 rings (SSSR count). The zero-order valence-corrected chi connectivity index (χ0v) is 26.9. The molecular weight excluding hydrogens is 574 g/mol. The van der Waals surface area contributed by atoms with E-state index < -0.39 is 16.1 Å². The molecule has 3 aromatic carbocycles. The van der Waals surface area contributed by atoms with Crippen molar-refractivity contribution in [3.05, 3.63) is 95.6 Å². The van der Waals surface area contributed by atoms with E-state index in [1.54, 1.807) is 29.2 Å². The van der Waals surface area contributed by atoms with E-state index in [-0.39, 0.29) is 43.8 Å². The van der Waals surface area contributed by atoms with Gasteiger partial charge in [0.2, 0.25) is 21.8 Å². The molecular formula is C35H45N3O5S. The molecule has 1 aliphatic carbocycles. The number of hydrogen-bond donors (Lipinski definition) is 1. The van der Waals surface area contributed by atoms with Gasteiger partial charge in [0.15, 0.2) is 0 Å². The zero-order valence-electron chi connectivity index (χ0n) is 26.1. The molecule has 1 aliphatic rings. The van der Waals surface area contributed by atoms with E-state index in [1.807, 2.05) is 61.5 Å². The lowest BCUT2D eigenvalue weighted by Crippen LogP contribution is -2.53. The van der Waals surface area contributed by atoms with Crippen molar-refractivity contribution < 1.29 is 22.7 Å². The van der Waals surface area contributed by atoms with Gasteiger partial charge in [-0.2, -0.15) is 0 Å². The van der Waals surface area contributed by atoms with Crippen molar-refractivity contribution in [1.29, 1.82) is 0 Å². The summed E-state index contributed by atoms with van der Waals surface area (Å²) in [6.07, 6.45) is 7.16. The molecule has 0 aromatic heterocycles. The van der Waals surface area contributed by atoms with E-state index in [2.05, 4.69) is 5.32 Å². The number of benzene rings is 3. The first-order chi connectivity index (χ1) is 21.1. The molecule has 0 aliphatic heterocycles. The molecule has 1 saturated carbocycles. The monoisotopic (exact) mass is 619 g/mol. The summed E-state index contributed by atoms with van der Waals surface area (Å²) in [7, 11) is -2.08. The highest BCUT2D eigenvalue weighted by molar-refractivity contribution is 7.92. The van der Waals surface area contributed by atoms with Gasteiger partial charge in [-0.25, -0.2) is 8.42 Å². The predicted molar refractivity (Wildman–Crippen MR) is 175 cm³/mol. The Labute approximate surface area is 262 Å². The minimum absolute atomic E-state index is 0.0871. The number of ether oxygens (including phenoxy) is 1. The highest BCUT2D eigenvalue weighted by Crippen LogP contribution is 2.25. The molecule has 2 amide bonds. The van der Waals surface area contributed by atoms with E-state index >= 15 is 0 Å². The standard InChI is InChI=1S/C35H45N3O5S/c1-27-13-10-16-29(23-27)26-37(33(24-28-14-6-4-7-15-28)35(40)36-30-17-8-5-9-18-30)34(39)21-12-22-38(44(3,41)42)31-19-11-20-32(25-31)43-2/h4,6-7,10-11,13-16,19-20,23,25,30,33H,5,8-9,12,17-18,21-22,24,26H2,1-3H3,(H,36,40)/t33-/m1/s1. The van der Waals surface area contributed by atoms with Crippen LogP contribution in [0.4, 0.5) is 5.69 Å². The van der Waals surface area contributed by atoms with Crippen molar-refractivity contribution in [2.75, 3.05) is 24.2 Å². The Morgan fingerprint density at radius 1 is 0.932 bits per heavy atom. The van der Waals surface area contributed by atoms with E-state index in [0.717, 1.165) is 48.6 Å². The van der Waals surface area contributed by atoms with Gasteiger partial charge in [-0.15, -0.1) is 0 Å². The molecule has 44 heavy (non-hydrogen) atoms. The Morgan fingerprint density at radius 3 is 2.32 bits per heavy atom. The lowest BCUT2D eigenvalue weighted by Gasteiger charge is -2.34. The van der Waals surface area contributed by atoms with Crippen molar-refractivity contribution in [1.82, 2.24) is 10.2 Å². The van der Waals surface area contributed by atoms with Crippen molar-refractivity contribution in [3.63, 3.8) is 0 Å². The SMILES string of the molecule is COc1cccc(N(CCCC(=O)N(Cc2cccc(C)c2)[C@H](Cc2ccccc2)C(=O)NC2CCCCC2)S(C)(=O)=O)c1. The van der Waals surface area contributed by atoms with Gasteiger partial charge < -0.3 is 15.0 Å². The summed E-state index contributed by atoms with van der Waals surface area (Å²) < 4.78 is 32.1. The number of nitrogens with zero attached hydrogens (tertiary/aromatic N) is 2. The molecule has 236 valence electrons. The Bertz CT molecular complexity index is 1490. The second-order valence-corrected chi connectivity index (χ2v) is 13.6. The van der Waals surface area contributed by atoms with Crippen LogP contribution in [0.25, 0.3) is 0 Å². The quantitative estimate of drug-likeness (QED) is 0.252. The Kier molecular flexibility index (Phi) is 11.8. The van der Waals surface area contributed by atoms with Crippen LogP contribution >= 0.6 is 0 Å². The summed E-state index contributed by atoms with van der Waals surface area (Å²) in [6.45, 7) is 2.40. The largest absolute Gasteiger partial charge is 0.497 e. The fourth-order valence-corrected chi connectivity index (χ4v) is 6.83. The molecule has 0 spiro atoms. The average Bonchev–Trinajstić information content (AvgIpc) is 3.01. The van der Waals surface area contributed by atoms with Crippen LogP contribution < -0.4 is 14.4 Å². The van der Waals surface area contributed by atoms with E-state index in [9.17, 15) is 18.0 Å². The van der Waals surface area contributed by atoms with Crippen molar-refractivity contribution in [2.24, 2.45) is 0 Å². The highest BCUT2D eigenvalue weighted by atomic mass is 32.2. The lowest BCUT2D eigenvalue weighted by atomic mass is 9.94. The summed E-state index contributed by atoms with van der Waals surface area (Å²) >= 11 is 0. The molecule has 1 atom stereocenters. The summed E-state index contributed by atoms with van der Waals surface area (Å²) in [4.78, 5) is 29.8. The van der Waals surface area contributed by atoms with Crippen LogP contribution in [0.3, 0.4) is 0 Å². The summed E-state index contributed by atoms with van der Waals surface area (Å²) in [5.74, 6) is 0.213. The smallest absolute Gasteiger partial charge is 0.243 e. The van der Waals surface area contributed by atoms with Crippen LogP contribution in [0.15, 0.2) is 78.9 Å². The Morgan fingerprint density at radius 2 is 1.64 bits per heavy atom. The van der Waals surface area contributed by atoms with E-state index in [4.69, 9.17) is 4.74 Å². The lowest BCUT2D eigenvalue weighted by molar-refractivity contribution is -0.141. The van der Waals surface area contributed by atoms with E-state index in [0.29, 0.717) is 17.9 Å². The fraction of sp³-hybridized carbons (Fsp3) is 0.429. The topological polar surface area (TPSA) is 96.0 Å². The van der Waals surface area contributed by atoms with Crippen molar-refractivity contribution in [3.8, 4) is 5.75 Å². The number of anilines is 1. The van der Waals surface area contributed by atoms with Crippen LogP contribution in [0.5, 0.6) is 5.75 Å². The van der Waals surface area contributed by atoms with Crippen molar-refractivity contribution in [2.45, 2.75) is 76.9 Å². The average molecular weight is 620 g/mol. The number of amides is 2. The van der Waals surface area contributed by atoms with Crippen LogP contribution in [-0.4, -0.2) is 57.1 Å². The van der Waals surface area contributed by atoms with Crippen molar-refractivity contribution >= 4 is 27.5 Å². The molecule has 0 heterocycles. The molecule has 0 bridgehead atoms. The minimum Gasteiger partial charge on any atom is -0.497 e. The summed E-state index contributed by atoms with van der Waals surface area (Å²) in [5, 5.41) is 3.27. The molecule has 1 N–H and O–H groups in total. The number of nitrogens with one attached hydrogen (secondary N) is 1. The van der Waals surface area contributed by atoms with E-state index in [1.165, 1.54) is 17.8 Å². The predicted octanol–water partition coefficient (Wildman–Crippen LogP) is 5.64. The van der Waals surface area contributed by atoms with Gasteiger partial charge in [0.1, 0.15) is 11.8 Å². The molecule has 3 aromatic rings. The van der Waals surface area contributed by atoms with Gasteiger partial charge in [0.05, 0.1) is 19.1 Å². The maximum Gasteiger partial charge on any atom is 0.243 e. The third-order valence-electron chi connectivity index (χ3n) is 8.15. The molecule has 8 nitrogen and oxygen atoms in total. The Hall–Kier alpha value is -3.85. The van der Waals surface area contributed by atoms with Crippen LogP contribution in [0.1, 0.15) is 61.6 Å². The van der Waals surface area contributed by atoms with Gasteiger partial charge in [0, 0.05) is 38.0 Å². The summed E-state index contributed by atoms with van der Waals surface area (Å²) in [6, 6.07) is 24.0. The van der Waals surface area contributed by atoms with Gasteiger partial charge in [-0.1, -0.05) is 85.5 Å². The Balaban J connectivity index is 1.59. The molecule has 0 saturated heterocycles. The van der Waals surface area contributed by atoms with Gasteiger partial charge in [0.25, 0.3) is 0 Å². The first kappa shape index (κ1) is 33.1. The number of methoxy groups -OCH3 is 1. The third-order valence-corrected chi connectivity index (χ3v) is 9.35. The molecule has 0 radical (unpaired) electrons. The first-order valence-electron chi connectivity index (χ1n) is 15.4. The third kappa shape index (κ3) is 9.58. The number of hydrogen-bond acceptors (Lipinski definition) is 5. The van der Waals surface area contributed by atoms with Crippen LogP contribution in [-0.2, 0) is 32.6 Å². The maximum absolute atomic E-state index is 14.1. The number of carbonyl (C=O) groups excluding carboxylic acids is 2. The molecule has 1 fully saturated rings. The highest BCUT2D eigenvalue weighted by Gasteiger charge is 2.32. The molecule has 0 unspecified atom stereocenters. The number of aryl methyl sites for hydroxylation is 1. The number of carbonyl (C=O) groups is 2. The fourth-order valence-electron chi connectivity index (χ4n) is 5.87. The minimum atomic E-state index is -3.61. The van der Waals surface area contributed by atoms with Gasteiger partial charge in [-0.3, -0.25) is 13.9 Å². The van der Waals surface area contributed by atoms with Gasteiger partial charge >= 0.3 is 0 Å². The zero-order chi connectivity index (χ0) is 31.5. The number of sulfonamides is 1. The number of rotatable bonds is 14. The van der Waals surface area contributed by atoms with Crippen LogP contribution in [0, 0.1) is 6.92 Å². The maximum atomic E-state index is 14.1. The second kappa shape index (κ2) is 15.7. The first-order valence-corrected chi connectivity index (χ1v) is 17.3.